The zero-order chi connectivity index (χ0) is 14.8. The molecule has 0 aromatic heterocycles. The van der Waals surface area contributed by atoms with Crippen molar-refractivity contribution in [3.05, 3.63) is 27.7 Å². The quantitative estimate of drug-likeness (QED) is 0.652. The van der Waals surface area contributed by atoms with Crippen LogP contribution in [0.2, 0.25) is 0 Å². The molecule has 0 heterocycles. The van der Waals surface area contributed by atoms with Crippen LogP contribution in [0.5, 0.6) is 0 Å². The summed E-state index contributed by atoms with van der Waals surface area (Å²) in [4.78, 5) is 11.7. The van der Waals surface area contributed by atoms with E-state index in [4.69, 9.17) is 5.73 Å². The highest BCUT2D eigenvalue weighted by molar-refractivity contribution is 9.10. The van der Waals surface area contributed by atoms with E-state index in [1.165, 1.54) is 13.0 Å². The monoisotopic (exact) mass is 342 g/mol. The van der Waals surface area contributed by atoms with E-state index in [9.17, 15) is 22.4 Å². The first kappa shape index (κ1) is 15.7. The van der Waals surface area contributed by atoms with Crippen LogP contribution in [-0.2, 0) is 0 Å². The zero-order valence-electron chi connectivity index (χ0n) is 9.81. The number of carbonyl (C=O) groups is 1. The number of nitrogens with two attached hydrogens (primary N) is 1. The van der Waals surface area contributed by atoms with Crippen molar-refractivity contribution < 1.29 is 22.4 Å². The minimum atomic E-state index is -4.26. The van der Waals surface area contributed by atoms with Crippen molar-refractivity contribution in [2.24, 2.45) is 0 Å². The van der Waals surface area contributed by atoms with E-state index < -0.39 is 24.8 Å². The lowest BCUT2D eigenvalue weighted by atomic mass is 10.1. The summed E-state index contributed by atoms with van der Waals surface area (Å²) >= 11 is 3.10. The Hall–Kier alpha value is -1.31. The van der Waals surface area contributed by atoms with Gasteiger partial charge in [-0.15, -0.1) is 0 Å². The molecule has 0 aliphatic rings. The molecule has 0 aliphatic carbocycles. The fourth-order valence-corrected chi connectivity index (χ4v) is 1.78. The largest absolute Gasteiger partial charge is 0.398 e. The van der Waals surface area contributed by atoms with Crippen LogP contribution in [0.25, 0.3) is 0 Å². The van der Waals surface area contributed by atoms with Gasteiger partial charge in [-0.05, 0) is 24.6 Å². The molecule has 0 atom stereocenters. The fraction of sp³-hybridized carbons (Fsp3) is 0.364. The van der Waals surface area contributed by atoms with Crippen LogP contribution in [-0.4, -0.2) is 24.8 Å². The average molecular weight is 343 g/mol. The molecule has 106 valence electrons. The first-order chi connectivity index (χ1) is 8.65. The van der Waals surface area contributed by atoms with Crippen molar-refractivity contribution >= 4 is 27.5 Å². The minimum absolute atomic E-state index is 0.0527. The molecular formula is C11H11BrF4N2O. The molecule has 0 unspecified atom stereocenters. The molecule has 8 heteroatoms. The molecule has 1 aromatic rings. The summed E-state index contributed by atoms with van der Waals surface area (Å²) in [6, 6.07) is 2.92. The molecule has 1 amide bonds. The Morgan fingerprint density at radius 2 is 2.05 bits per heavy atom. The summed E-state index contributed by atoms with van der Waals surface area (Å²) in [5, 5.41) is 1.77. The highest BCUT2D eigenvalue weighted by atomic mass is 79.9. The molecule has 0 radical (unpaired) electrons. The van der Waals surface area contributed by atoms with Crippen LogP contribution in [0.15, 0.2) is 16.6 Å². The van der Waals surface area contributed by atoms with E-state index in [2.05, 4.69) is 15.9 Å². The van der Waals surface area contributed by atoms with Crippen LogP contribution >= 0.6 is 15.9 Å². The van der Waals surface area contributed by atoms with E-state index in [0.29, 0.717) is 15.7 Å². The summed E-state index contributed by atoms with van der Waals surface area (Å²) in [6.45, 7) is 0.0945. The summed E-state index contributed by atoms with van der Waals surface area (Å²) in [6.07, 6.45) is -3.83. The summed E-state index contributed by atoms with van der Waals surface area (Å²) in [7, 11) is 0. The molecule has 3 N–H and O–H groups in total. The van der Waals surface area contributed by atoms with Crippen LogP contribution < -0.4 is 11.1 Å². The van der Waals surface area contributed by atoms with Gasteiger partial charge in [0.05, 0.1) is 6.54 Å². The number of anilines is 1. The number of amides is 1. The molecule has 0 saturated carbocycles. The smallest absolute Gasteiger partial charge is 0.324 e. The normalized spacial score (nSPS) is 11.7. The van der Waals surface area contributed by atoms with E-state index in [1.54, 1.807) is 11.4 Å². The van der Waals surface area contributed by atoms with Gasteiger partial charge in [-0.3, -0.25) is 4.79 Å². The van der Waals surface area contributed by atoms with Crippen LogP contribution in [0.4, 0.5) is 23.2 Å². The number of carbonyl (C=O) groups excluding carboxylic acids is 1. The van der Waals surface area contributed by atoms with Crippen molar-refractivity contribution in [1.82, 2.24) is 5.32 Å². The van der Waals surface area contributed by atoms with Crippen LogP contribution in [0.3, 0.4) is 0 Å². The number of rotatable bonds is 4. The number of alkyl halides is 4. The second-order valence-corrected chi connectivity index (χ2v) is 4.83. The molecule has 0 bridgehead atoms. The molecule has 0 spiro atoms. The standard InChI is InChI=1S/C11H11BrF4N2O/c1-5-7(2-6(12)3-8(5)17)9(19)18-4-11(15,16)10(13)14/h2-3,10H,4,17H2,1H3,(H,18,19). The van der Waals surface area contributed by atoms with Crippen molar-refractivity contribution in [2.75, 3.05) is 12.3 Å². The maximum absolute atomic E-state index is 12.7. The van der Waals surface area contributed by atoms with Gasteiger partial charge in [0.25, 0.3) is 5.91 Å². The third-order valence-corrected chi connectivity index (χ3v) is 2.92. The zero-order valence-corrected chi connectivity index (χ0v) is 11.4. The first-order valence-corrected chi connectivity index (χ1v) is 5.94. The van der Waals surface area contributed by atoms with Crippen LogP contribution in [0.1, 0.15) is 15.9 Å². The van der Waals surface area contributed by atoms with E-state index in [-0.39, 0.29) is 5.56 Å². The minimum Gasteiger partial charge on any atom is -0.398 e. The lowest BCUT2D eigenvalue weighted by molar-refractivity contribution is -0.123. The maximum atomic E-state index is 12.7. The molecule has 19 heavy (non-hydrogen) atoms. The van der Waals surface area contributed by atoms with E-state index in [1.807, 2.05) is 0 Å². The number of benzene rings is 1. The molecule has 3 nitrogen and oxygen atoms in total. The Morgan fingerprint density at radius 1 is 1.47 bits per heavy atom. The number of hydrogen-bond donors (Lipinski definition) is 2. The molecule has 0 aliphatic heterocycles. The van der Waals surface area contributed by atoms with Crippen molar-refractivity contribution in [3.8, 4) is 0 Å². The van der Waals surface area contributed by atoms with Gasteiger partial charge >= 0.3 is 12.3 Å². The molecule has 1 rings (SSSR count). The Kier molecular flexibility index (Phi) is 4.78. The third-order valence-electron chi connectivity index (χ3n) is 2.46. The van der Waals surface area contributed by atoms with Gasteiger partial charge in [-0.25, -0.2) is 8.78 Å². The van der Waals surface area contributed by atoms with Gasteiger partial charge in [0.1, 0.15) is 0 Å². The predicted molar refractivity (Wildman–Crippen MR) is 66.6 cm³/mol. The van der Waals surface area contributed by atoms with Gasteiger partial charge in [-0.2, -0.15) is 8.78 Å². The first-order valence-electron chi connectivity index (χ1n) is 5.15. The highest BCUT2D eigenvalue weighted by Gasteiger charge is 2.40. The third kappa shape index (κ3) is 3.82. The van der Waals surface area contributed by atoms with Gasteiger partial charge in [-0.1, -0.05) is 15.9 Å². The average Bonchev–Trinajstić information content (AvgIpc) is 2.30. The van der Waals surface area contributed by atoms with Crippen molar-refractivity contribution in [1.29, 1.82) is 0 Å². The van der Waals surface area contributed by atoms with Gasteiger partial charge in [0.15, 0.2) is 0 Å². The molecule has 0 fully saturated rings. The van der Waals surface area contributed by atoms with Gasteiger partial charge < -0.3 is 11.1 Å². The summed E-state index contributed by atoms with van der Waals surface area (Å²) in [5.74, 6) is -5.15. The van der Waals surface area contributed by atoms with Crippen molar-refractivity contribution in [3.63, 3.8) is 0 Å². The Bertz CT molecular complexity index is 494. The topological polar surface area (TPSA) is 55.1 Å². The lowest BCUT2D eigenvalue weighted by Gasteiger charge is -2.16. The maximum Gasteiger partial charge on any atom is 0.324 e. The second kappa shape index (κ2) is 5.77. The SMILES string of the molecule is Cc1c(N)cc(Br)cc1C(=O)NCC(F)(F)C(F)F. The molecule has 1 aromatic carbocycles. The Balaban J connectivity index is 2.86. The van der Waals surface area contributed by atoms with Crippen molar-refractivity contribution in [2.45, 2.75) is 19.3 Å². The predicted octanol–water partition coefficient (Wildman–Crippen LogP) is 2.97. The van der Waals surface area contributed by atoms with E-state index >= 15 is 0 Å². The number of nitrogen functional groups attached to an aromatic ring is 1. The summed E-state index contributed by atoms with van der Waals surface area (Å²) < 4.78 is 49.7. The van der Waals surface area contributed by atoms with Gasteiger partial charge in [0.2, 0.25) is 0 Å². The lowest BCUT2D eigenvalue weighted by Crippen LogP contribution is -2.41. The number of hydrogen-bond acceptors (Lipinski definition) is 2. The second-order valence-electron chi connectivity index (χ2n) is 3.91. The fourth-order valence-electron chi connectivity index (χ4n) is 1.31. The highest BCUT2D eigenvalue weighted by Crippen LogP contribution is 2.24. The number of halogens is 5. The number of nitrogens with one attached hydrogen (secondary N) is 1. The molecule has 0 saturated heterocycles. The van der Waals surface area contributed by atoms with Gasteiger partial charge in [0, 0.05) is 15.7 Å². The Morgan fingerprint density at radius 3 is 2.58 bits per heavy atom. The van der Waals surface area contributed by atoms with Crippen LogP contribution in [0, 0.1) is 6.92 Å². The molecular weight excluding hydrogens is 332 g/mol. The van der Waals surface area contributed by atoms with E-state index in [0.717, 1.165) is 0 Å². The Labute approximate surface area is 115 Å². The summed E-state index contributed by atoms with van der Waals surface area (Å²) in [5.41, 5.74) is 6.35.